The smallest absolute Gasteiger partial charge is 0.214 e. The first-order valence-electron chi connectivity index (χ1n) is 7.16. The van der Waals surface area contributed by atoms with Crippen LogP contribution in [0.5, 0.6) is 0 Å². The first kappa shape index (κ1) is 13.3. The molecule has 0 N–H and O–H groups in total. The number of rotatable bonds is 7. The maximum absolute atomic E-state index is 13.0. The molecule has 2 rings (SSSR count). The molecule has 0 fully saturated rings. The average Bonchev–Trinajstić information content (AvgIpc) is 2.73. The van der Waals surface area contributed by atoms with E-state index in [-0.39, 0.29) is 5.97 Å². The Hall–Kier alpha value is -1.18. The van der Waals surface area contributed by atoms with Gasteiger partial charge in [0.2, 0.25) is 5.97 Å². The van der Waals surface area contributed by atoms with Gasteiger partial charge in [0, 0.05) is 11.6 Å². The summed E-state index contributed by atoms with van der Waals surface area (Å²) in [5, 5.41) is 0. The minimum Gasteiger partial charge on any atom is -0.220 e. The van der Waals surface area contributed by atoms with Crippen LogP contribution < -0.4 is 0 Å². The molecule has 2 aliphatic rings. The van der Waals surface area contributed by atoms with Crippen molar-refractivity contribution >= 4 is 5.97 Å². The Kier molecular flexibility index (Phi) is 4.91. The number of unbranched alkanes of at least 4 members (excludes halogenated alkanes) is 5. The van der Waals surface area contributed by atoms with Crippen LogP contribution in [0, 0.1) is 5.92 Å². The molecule has 0 radical (unpaired) electrons. The van der Waals surface area contributed by atoms with E-state index in [1.165, 1.54) is 44.6 Å². The lowest BCUT2D eigenvalue weighted by Crippen LogP contribution is -1.99. The third-order valence-electron chi connectivity index (χ3n) is 3.58. The fourth-order valence-corrected chi connectivity index (χ4v) is 2.51. The monoisotopic (exact) mass is 247 g/mol. The summed E-state index contributed by atoms with van der Waals surface area (Å²) in [6.07, 6.45) is 16.9. The Morgan fingerprint density at radius 1 is 1.17 bits per heavy atom. The third-order valence-corrected chi connectivity index (χ3v) is 3.58. The van der Waals surface area contributed by atoms with Crippen molar-refractivity contribution in [3.63, 3.8) is 0 Å². The molecule has 0 bridgehead atoms. The van der Waals surface area contributed by atoms with Gasteiger partial charge >= 0.3 is 0 Å². The average molecular weight is 247 g/mol. The van der Waals surface area contributed by atoms with Gasteiger partial charge in [-0.25, -0.2) is 4.99 Å². The quantitative estimate of drug-likeness (QED) is 0.554. The second-order valence-electron chi connectivity index (χ2n) is 5.17. The highest BCUT2D eigenvalue weighted by Crippen LogP contribution is 2.29. The Balaban J connectivity index is 1.69. The molecule has 0 amide bonds. The highest BCUT2D eigenvalue weighted by Gasteiger charge is 2.17. The van der Waals surface area contributed by atoms with Crippen molar-refractivity contribution in [2.75, 3.05) is 0 Å². The van der Waals surface area contributed by atoms with Crippen molar-refractivity contribution in [2.24, 2.45) is 10.9 Å². The maximum Gasteiger partial charge on any atom is 0.214 e. The van der Waals surface area contributed by atoms with Gasteiger partial charge in [0.05, 0.1) is 5.70 Å². The summed E-state index contributed by atoms with van der Waals surface area (Å²) in [4.78, 5) is 3.90. The molecule has 1 heterocycles. The van der Waals surface area contributed by atoms with Crippen LogP contribution in [0.15, 0.2) is 40.6 Å². The Bertz CT molecular complexity index is 401. The molecular formula is C16H22FN. The van der Waals surface area contributed by atoms with Crippen molar-refractivity contribution in [1.82, 2.24) is 0 Å². The fraction of sp³-hybridized carbons (Fsp3) is 0.562. The van der Waals surface area contributed by atoms with E-state index < -0.39 is 0 Å². The molecule has 1 aliphatic heterocycles. The van der Waals surface area contributed by atoms with Crippen molar-refractivity contribution < 1.29 is 4.39 Å². The van der Waals surface area contributed by atoms with Crippen LogP contribution in [0.25, 0.3) is 0 Å². The number of hydrogen-bond acceptors (Lipinski definition) is 1. The van der Waals surface area contributed by atoms with Crippen molar-refractivity contribution in [3.8, 4) is 0 Å². The van der Waals surface area contributed by atoms with Crippen LogP contribution in [-0.4, -0.2) is 5.97 Å². The number of hydrogen-bond donors (Lipinski definition) is 0. The zero-order valence-corrected chi connectivity index (χ0v) is 11.2. The highest BCUT2D eigenvalue weighted by atomic mass is 19.1. The number of allylic oxidation sites excluding steroid dienone is 4. The molecule has 0 aromatic heterocycles. The van der Waals surface area contributed by atoms with Crippen LogP contribution in [0.1, 0.15) is 51.9 Å². The molecule has 18 heavy (non-hydrogen) atoms. The maximum atomic E-state index is 13.0. The van der Waals surface area contributed by atoms with Crippen LogP contribution in [0.3, 0.4) is 0 Å². The summed E-state index contributed by atoms with van der Waals surface area (Å²) in [6.45, 7) is 2.24. The zero-order valence-electron chi connectivity index (χ0n) is 11.2. The van der Waals surface area contributed by atoms with Gasteiger partial charge in [0.25, 0.3) is 0 Å². The van der Waals surface area contributed by atoms with E-state index in [1.54, 1.807) is 0 Å². The van der Waals surface area contributed by atoms with Crippen LogP contribution >= 0.6 is 0 Å². The second kappa shape index (κ2) is 6.67. The van der Waals surface area contributed by atoms with Gasteiger partial charge < -0.3 is 0 Å². The molecule has 0 saturated carbocycles. The topological polar surface area (TPSA) is 12.4 Å². The lowest BCUT2D eigenvalue weighted by atomic mass is 9.93. The lowest BCUT2D eigenvalue weighted by molar-refractivity contribution is 0.561. The molecule has 0 saturated heterocycles. The van der Waals surface area contributed by atoms with Gasteiger partial charge in [-0.1, -0.05) is 63.7 Å². The SMILES string of the molecule is CCCCCCCCC1C=CC2=CC(F)=NC2=C1. The zero-order chi connectivity index (χ0) is 12.8. The van der Waals surface area contributed by atoms with E-state index in [9.17, 15) is 4.39 Å². The summed E-state index contributed by atoms with van der Waals surface area (Å²) >= 11 is 0. The molecule has 0 aromatic carbocycles. The number of halogens is 1. The Morgan fingerprint density at radius 3 is 2.78 bits per heavy atom. The number of aliphatic imine (C=N–C) groups is 1. The molecule has 98 valence electrons. The second-order valence-corrected chi connectivity index (χ2v) is 5.17. The van der Waals surface area contributed by atoms with Gasteiger partial charge in [-0.05, 0) is 12.3 Å². The van der Waals surface area contributed by atoms with E-state index in [2.05, 4.69) is 24.1 Å². The molecule has 1 atom stereocenters. The highest BCUT2D eigenvalue weighted by molar-refractivity contribution is 5.93. The fourth-order valence-electron chi connectivity index (χ4n) is 2.51. The van der Waals surface area contributed by atoms with Gasteiger partial charge in [-0.2, -0.15) is 4.39 Å². The number of nitrogens with zero attached hydrogens (tertiary/aromatic N) is 1. The van der Waals surface area contributed by atoms with Gasteiger partial charge in [-0.15, -0.1) is 0 Å². The van der Waals surface area contributed by atoms with Gasteiger partial charge in [-0.3, -0.25) is 0 Å². The molecule has 1 aliphatic carbocycles. The van der Waals surface area contributed by atoms with E-state index in [4.69, 9.17) is 0 Å². The van der Waals surface area contributed by atoms with E-state index in [0.717, 1.165) is 17.7 Å². The predicted molar refractivity (Wildman–Crippen MR) is 75.3 cm³/mol. The summed E-state index contributed by atoms with van der Waals surface area (Å²) in [7, 11) is 0. The summed E-state index contributed by atoms with van der Waals surface area (Å²) in [6, 6.07) is 0. The standard InChI is InChI=1S/C16H22FN/c1-2-3-4-5-6-7-8-13-9-10-14-12-16(17)18-15(14)11-13/h9-13H,2-8H2,1H3. The third kappa shape index (κ3) is 3.66. The van der Waals surface area contributed by atoms with Crippen LogP contribution in [-0.2, 0) is 0 Å². The molecule has 1 unspecified atom stereocenters. The van der Waals surface area contributed by atoms with E-state index >= 15 is 0 Å². The lowest BCUT2D eigenvalue weighted by Gasteiger charge is -2.13. The molecule has 1 nitrogen and oxygen atoms in total. The summed E-state index contributed by atoms with van der Waals surface area (Å²) in [5.41, 5.74) is 1.75. The summed E-state index contributed by atoms with van der Waals surface area (Å²) < 4.78 is 13.0. The largest absolute Gasteiger partial charge is 0.220 e. The van der Waals surface area contributed by atoms with E-state index in [0.29, 0.717) is 5.92 Å². The van der Waals surface area contributed by atoms with Gasteiger partial charge in [0.15, 0.2) is 0 Å². The summed E-state index contributed by atoms with van der Waals surface area (Å²) in [5.74, 6) is 0.0825. The van der Waals surface area contributed by atoms with E-state index in [1.807, 2.05) is 6.08 Å². The van der Waals surface area contributed by atoms with Crippen molar-refractivity contribution in [2.45, 2.75) is 51.9 Å². The Morgan fingerprint density at radius 2 is 1.94 bits per heavy atom. The van der Waals surface area contributed by atoms with Gasteiger partial charge in [0.1, 0.15) is 0 Å². The molecular weight excluding hydrogens is 225 g/mol. The van der Waals surface area contributed by atoms with Crippen LogP contribution in [0.4, 0.5) is 4.39 Å². The predicted octanol–water partition coefficient (Wildman–Crippen LogP) is 5.11. The normalized spacial score (nSPS) is 21.4. The molecule has 0 aromatic rings. The molecule has 0 spiro atoms. The minimum absolute atomic E-state index is 0.360. The molecule has 2 heteroatoms. The van der Waals surface area contributed by atoms with Crippen molar-refractivity contribution in [1.29, 1.82) is 0 Å². The van der Waals surface area contributed by atoms with Crippen molar-refractivity contribution in [3.05, 3.63) is 35.6 Å². The number of fused-ring (bicyclic) bond motifs is 1. The van der Waals surface area contributed by atoms with Crippen LogP contribution in [0.2, 0.25) is 0 Å². The minimum atomic E-state index is -0.360. The Labute approximate surface area is 109 Å². The first-order valence-corrected chi connectivity index (χ1v) is 7.16. The first-order chi connectivity index (χ1) is 8.79.